The molecule has 1 N–H and O–H groups in total. The second kappa shape index (κ2) is 5.28. The molecule has 1 aromatic rings. The lowest BCUT2D eigenvalue weighted by atomic mass is 10.4. The number of carboxylic acid groups (broad SMARTS) is 1. The molecule has 0 aromatic carbocycles. The number of hydrogen-bond donors (Lipinski definition) is 1. The second-order valence-electron chi connectivity index (χ2n) is 2.71. The normalized spacial score (nSPS) is 9.12. The summed E-state index contributed by atoms with van der Waals surface area (Å²) in [7, 11) is 0. The van der Waals surface area contributed by atoms with Gasteiger partial charge >= 0.3 is 11.9 Å². The van der Waals surface area contributed by atoms with E-state index < -0.39 is 11.9 Å². The number of carboxylic acids is 1. The van der Waals surface area contributed by atoms with Gasteiger partial charge in [-0.15, -0.1) is 0 Å². The fourth-order valence-electron chi connectivity index (χ4n) is 0.920. The van der Waals surface area contributed by atoms with E-state index in [0.29, 0.717) is 10.7 Å². The minimum Gasteiger partial charge on any atom is -0.477 e. The van der Waals surface area contributed by atoms with Gasteiger partial charge in [-0.3, -0.25) is 0 Å². The minimum atomic E-state index is -1.04. The first-order valence-electron chi connectivity index (χ1n) is 4.44. The Bertz CT molecular complexity index is 481. The maximum absolute atomic E-state index is 10.9. The molecule has 0 aliphatic rings. The van der Waals surface area contributed by atoms with Gasteiger partial charge in [-0.2, -0.15) is 0 Å². The number of thiazole rings is 1. The van der Waals surface area contributed by atoms with Gasteiger partial charge in [0.1, 0.15) is 4.88 Å². The van der Waals surface area contributed by atoms with Crippen LogP contribution in [0.25, 0.3) is 0 Å². The number of carbonyl (C=O) groups excluding carboxylic acids is 1. The number of carbonyl (C=O) groups is 2. The van der Waals surface area contributed by atoms with Crippen LogP contribution >= 0.6 is 11.3 Å². The zero-order valence-electron chi connectivity index (χ0n) is 8.73. The fraction of sp³-hybridized carbons (Fsp3) is 0.300. The molecule has 0 atom stereocenters. The van der Waals surface area contributed by atoms with Gasteiger partial charge in [0.25, 0.3) is 0 Å². The van der Waals surface area contributed by atoms with Crippen LogP contribution in [-0.2, 0) is 9.53 Å². The number of aryl methyl sites for hydroxylation is 1. The van der Waals surface area contributed by atoms with Crippen molar-refractivity contribution in [2.45, 2.75) is 13.8 Å². The van der Waals surface area contributed by atoms with Crippen LogP contribution in [0.5, 0.6) is 0 Å². The largest absolute Gasteiger partial charge is 0.477 e. The maximum atomic E-state index is 10.9. The zero-order valence-corrected chi connectivity index (χ0v) is 9.55. The molecule has 1 rings (SSSR count). The highest BCUT2D eigenvalue weighted by atomic mass is 32.1. The van der Waals surface area contributed by atoms with Crippen molar-refractivity contribution < 1.29 is 19.4 Å². The molecule has 1 heterocycles. The van der Waals surface area contributed by atoms with Gasteiger partial charge in [0, 0.05) is 5.92 Å². The van der Waals surface area contributed by atoms with Gasteiger partial charge in [-0.1, -0.05) is 11.3 Å². The Balaban J connectivity index is 2.86. The van der Waals surface area contributed by atoms with Crippen LogP contribution in [0.4, 0.5) is 0 Å². The van der Waals surface area contributed by atoms with Crippen LogP contribution in [0.1, 0.15) is 27.3 Å². The van der Waals surface area contributed by atoms with Crippen LogP contribution in [0, 0.1) is 18.8 Å². The Hall–Kier alpha value is -1.87. The first-order chi connectivity index (χ1) is 7.54. The van der Waals surface area contributed by atoms with E-state index >= 15 is 0 Å². The van der Waals surface area contributed by atoms with Crippen molar-refractivity contribution in [2.75, 3.05) is 6.61 Å². The molecular weight excluding hydrogens is 230 g/mol. The summed E-state index contributed by atoms with van der Waals surface area (Å²) in [6.07, 6.45) is 0. The summed E-state index contributed by atoms with van der Waals surface area (Å²) in [4.78, 5) is 25.7. The Labute approximate surface area is 96.1 Å². The van der Waals surface area contributed by atoms with Gasteiger partial charge in [-0.25, -0.2) is 14.6 Å². The standard InChI is InChI=1S/C10H9NO4S/c1-3-15-8(12)5-4-7-11-6(2)9(16-7)10(13)14/h3H2,1-2H3,(H,13,14). The lowest BCUT2D eigenvalue weighted by molar-refractivity contribution is -0.136. The SMILES string of the molecule is CCOC(=O)C#Cc1nc(C)c(C(=O)O)s1. The number of nitrogens with zero attached hydrogens (tertiary/aromatic N) is 1. The number of rotatable bonds is 2. The first-order valence-corrected chi connectivity index (χ1v) is 5.25. The first kappa shape index (κ1) is 12.2. The van der Waals surface area contributed by atoms with Gasteiger partial charge in [0.05, 0.1) is 12.3 Å². The van der Waals surface area contributed by atoms with E-state index in [1.165, 1.54) is 0 Å². The van der Waals surface area contributed by atoms with E-state index in [-0.39, 0.29) is 11.5 Å². The molecule has 0 fully saturated rings. The predicted molar refractivity (Wildman–Crippen MR) is 57.3 cm³/mol. The van der Waals surface area contributed by atoms with Gasteiger partial charge in [0.2, 0.25) is 0 Å². The van der Waals surface area contributed by atoms with Crippen molar-refractivity contribution in [2.24, 2.45) is 0 Å². The summed E-state index contributed by atoms with van der Waals surface area (Å²) >= 11 is 0.936. The lowest BCUT2D eigenvalue weighted by Gasteiger charge is -1.89. The van der Waals surface area contributed by atoms with Crippen LogP contribution in [0.15, 0.2) is 0 Å². The molecule has 1 aromatic heterocycles. The molecule has 16 heavy (non-hydrogen) atoms. The van der Waals surface area contributed by atoms with Crippen LogP contribution in [0.2, 0.25) is 0 Å². The van der Waals surface area contributed by atoms with Crippen LogP contribution in [0.3, 0.4) is 0 Å². The quantitative estimate of drug-likeness (QED) is 0.617. The molecule has 0 saturated carbocycles. The molecule has 84 valence electrons. The molecule has 0 saturated heterocycles. The fourth-order valence-corrected chi connectivity index (χ4v) is 1.68. The highest BCUT2D eigenvalue weighted by molar-refractivity contribution is 7.14. The van der Waals surface area contributed by atoms with Crippen LogP contribution < -0.4 is 0 Å². The van der Waals surface area contributed by atoms with E-state index in [1.54, 1.807) is 13.8 Å². The maximum Gasteiger partial charge on any atom is 0.384 e. The molecule has 6 heteroatoms. The molecule has 0 unspecified atom stereocenters. The van der Waals surface area contributed by atoms with E-state index in [0.717, 1.165) is 11.3 Å². The molecule has 0 aliphatic carbocycles. The molecule has 5 nitrogen and oxygen atoms in total. The third kappa shape index (κ3) is 3.07. The summed E-state index contributed by atoms with van der Waals surface area (Å²) in [6, 6.07) is 0. The Morgan fingerprint density at radius 3 is 2.75 bits per heavy atom. The second-order valence-corrected chi connectivity index (χ2v) is 3.71. The highest BCUT2D eigenvalue weighted by Crippen LogP contribution is 2.16. The average molecular weight is 239 g/mol. The number of ether oxygens (including phenoxy) is 1. The van der Waals surface area contributed by atoms with E-state index in [4.69, 9.17) is 5.11 Å². The minimum absolute atomic E-state index is 0.133. The summed E-state index contributed by atoms with van der Waals surface area (Å²) in [5.74, 6) is 3.00. The number of esters is 1. The van der Waals surface area contributed by atoms with Crippen molar-refractivity contribution >= 4 is 23.3 Å². The Morgan fingerprint density at radius 2 is 2.25 bits per heavy atom. The smallest absolute Gasteiger partial charge is 0.384 e. The van der Waals surface area contributed by atoms with E-state index in [9.17, 15) is 9.59 Å². The Morgan fingerprint density at radius 1 is 1.56 bits per heavy atom. The van der Waals surface area contributed by atoms with Crippen molar-refractivity contribution in [3.05, 3.63) is 15.6 Å². The number of aromatic nitrogens is 1. The van der Waals surface area contributed by atoms with Crippen molar-refractivity contribution in [3.63, 3.8) is 0 Å². The third-order valence-corrected chi connectivity index (χ3v) is 2.60. The molecular formula is C10H9NO4S. The van der Waals surface area contributed by atoms with E-state index in [1.807, 2.05) is 0 Å². The zero-order chi connectivity index (χ0) is 12.1. The summed E-state index contributed by atoms with van der Waals surface area (Å²) in [5.41, 5.74) is 0.394. The summed E-state index contributed by atoms with van der Waals surface area (Å²) in [6.45, 7) is 3.51. The Kier molecular flexibility index (Phi) is 4.03. The molecule has 0 bridgehead atoms. The van der Waals surface area contributed by atoms with Gasteiger partial charge in [0.15, 0.2) is 5.01 Å². The summed E-state index contributed by atoms with van der Waals surface area (Å²) < 4.78 is 4.60. The van der Waals surface area contributed by atoms with E-state index in [2.05, 4.69) is 21.6 Å². The topological polar surface area (TPSA) is 76.5 Å². The summed E-state index contributed by atoms with van der Waals surface area (Å²) in [5, 5.41) is 9.07. The molecule has 0 radical (unpaired) electrons. The van der Waals surface area contributed by atoms with Crippen molar-refractivity contribution in [1.29, 1.82) is 0 Å². The van der Waals surface area contributed by atoms with Crippen LogP contribution in [-0.4, -0.2) is 28.6 Å². The average Bonchev–Trinajstić information content (AvgIpc) is 2.57. The van der Waals surface area contributed by atoms with Gasteiger partial charge < -0.3 is 9.84 Å². The number of aromatic carboxylic acids is 1. The molecule has 0 aliphatic heterocycles. The lowest BCUT2D eigenvalue weighted by Crippen LogP contribution is -1.99. The van der Waals surface area contributed by atoms with Crippen molar-refractivity contribution in [1.82, 2.24) is 4.98 Å². The predicted octanol–water partition coefficient (Wildman–Crippen LogP) is 1.06. The highest BCUT2D eigenvalue weighted by Gasteiger charge is 2.12. The number of hydrogen-bond acceptors (Lipinski definition) is 5. The monoisotopic (exact) mass is 239 g/mol. The van der Waals surface area contributed by atoms with Crippen molar-refractivity contribution in [3.8, 4) is 11.8 Å². The molecule has 0 amide bonds. The third-order valence-electron chi connectivity index (χ3n) is 1.54. The van der Waals surface area contributed by atoms with Gasteiger partial charge in [-0.05, 0) is 19.8 Å². The molecule has 0 spiro atoms.